The summed E-state index contributed by atoms with van der Waals surface area (Å²) < 4.78 is 11.1. The van der Waals surface area contributed by atoms with Gasteiger partial charge in [0.05, 0.1) is 23.3 Å². The monoisotopic (exact) mass is 529 g/mol. The number of nitrogens with zero attached hydrogens (tertiary/aromatic N) is 1. The molecule has 4 aromatic rings. The fourth-order valence-corrected chi connectivity index (χ4v) is 4.25. The normalized spacial score (nSPS) is 11.0. The first kappa shape index (κ1) is 24.8. The summed E-state index contributed by atoms with van der Waals surface area (Å²) in [6.07, 6.45) is 0. The van der Waals surface area contributed by atoms with Crippen molar-refractivity contribution in [3.63, 3.8) is 0 Å². The number of fused-ring (bicyclic) bond motifs is 1. The molecule has 180 valence electrons. The number of rotatable bonds is 5. The zero-order valence-corrected chi connectivity index (χ0v) is 21.3. The molecular weight excluding hydrogens is 509 g/mol. The van der Waals surface area contributed by atoms with Crippen molar-refractivity contribution in [2.75, 3.05) is 12.4 Å². The Morgan fingerprint density at radius 2 is 1.91 bits per heavy atom. The summed E-state index contributed by atoms with van der Waals surface area (Å²) in [6.45, 7) is 4.20. The van der Waals surface area contributed by atoms with Crippen LogP contribution in [0.25, 0.3) is 22.6 Å². The fraction of sp³-hybridized carbons (Fsp3) is 0.160. The van der Waals surface area contributed by atoms with Gasteiger partial charge >= 0.3 is 0 Å². The molecule has 0 atom stereocenters. The van der Waals surface area contributed by atoms with Crippen LogP contribution in [0.4, 0.5) is 5.69 Å². The minimum atomic E-state index is -0.553. The summed E-state index contributed by atoms with van der Waals surface area (Å²) in [5, 5.41) is 16.4. The van der Waals surface area contributed by atoms with Crippen LogP contribution >= 0.6 is 35.4 Å². The van der Waals surface area contributed by atoms with Gasteiger partial charge in [0.1, 0.15) is 17.0 Å². The van der Waals surface area contributed by atoms with Crippen LogP contribution in [0.3, 0.4) is 0 Å². The lowest BCUT2D eigenvalue weighted by Gasteiger charge is -2.13. The predicted octanol–water partition coefficient (Wildman–Crippen LogP) is 6.77. The first-order valence-corrected chi connectivity index (χ1v) is 11.7. The maximum atomic E-state index is 12.7. The fourth-order valence-electron chi connectivity index (χ4n) is 3.47. The maximum Gasteiger partial charge on any atom is 0.261 e. The van der Waals surface area contributed by atoms with E-state index in [2.05, 4.69) is 29.5 Å². The molecule has 0 aliphatic rings. The lowest BCUT2D eigenvalue weighted by atomic mass is 10.0. The smallest absolute Gasteiger partial charge is 0.261 e. The number of nitrogens with one attached hydrogen (secondary N) is 2. The van der Waals surface area contributed by atoms with Crippen molar-refractivity contribution in [3.8, 4) is 23.0 Å². The highest BCUT2D eigenvalue weighted by Gasteiger charge is 2.19. The first-order chi connectivity index (χ1) is 16.7. The zero-order valence-electron chi connectivity index (χ0n) is 19.0. The Morgan fingerprint density at radius 3 is 2.63 bits per heavy atom. The van der Waals surface area contributed by atoms with Crippen LogP contribution < -0.4 is 15.4 Å². The van der Waals surface area contributed by atoms with E-state index in [1.165, 1.54) is 25.3 Å². The molecule has 0 bridgehead atoms. The van der Waals surface area contributed by atoms with Gasteiger partial charge in [-0.2, -0.15) is 0 Å². The Hall–Kier alpha value is -3.33. The summed E-state index contributed by atoms with van der Waals surface area (Å²) in [5.41, 5.74) is 3.45. The van der Waals surface area contributed by atoms with E-state index in [9.17, 15) is 9.90 Å². The molecule has 35 heavy (non-hydrogen) atoms. The molecule has 0 saturated heterocycles. The van der Waals surface area contributed by atoms with Crippen LogP contribution in [0.1, 0.15) is 35.7 Å². The number of halogens is 2. The number of anilines is 1. The van der Waals surface area contributed by atoms with Crippen LogP contribution in [0.15, 0.2) is 52.9 Å². The number of aromatic nitrogens is 1. The molecule has 10 heteroatoms. The van der Waals surface area contributed by atoms with E-state index in [4.69, 9.17) is 44.6 Å². The van der Waals surface area contributed by atoms with E-state index in [1.54, 1.807) is 12.1 Å². The van der Waals surface area contributed by atoms with Crippen molar-refractivity contribution >= 4 is 63.2 Å². The average molecular weight is 530 g/mol. The molecular formula is C25H21Cl2N3O4S. The topological polar surface area (TPSA) is 96.6 Å². The molecule has 0 spiro atoms. The van der Waals surface area contributed by atoms with Gasteiger partial charge in [-0.25, -0.2) is 4.98 Å². The average Bonchev–Trinajstić information content (AvgIpc) is 3.23. The minimum absolute atomic E-state index is 0.0144. The van der Waals surface area contributed by atoms with Crippen molar-refractivity contribution in [1.82, 2.24) is 10.3 Å². The van der Waals surface area contributed by atoms with Gasteiger partial charge in [0.15, 0.2) is 10.7 Å². The highest BCUT2D eigenvalue weighted by molar-refractivity contribution is 7.80. The summed E-state index contributed by atoms with van der Waals surface area (Å²) in [7, 11) is 1.40. The summed E-state index contributed by atoms with van der Waals surface area (Å²) in [5.74, 6) is 0.219. The van der Waals surface area contributed by atoms with E-state index >= 15 is 0 Å². The van der Waals surface area contributed by atoms with Crippen molar-refractivity contribution in [2.24, 2.45) is 0 Å². The van der Waals surface area contributed by atoms with Crippen LogP contribution in [0.5, 0.6) is 11.5 Å². The third kappa shape index (κ3) is 5.35. The molecule has 0 saturated carbocycles. The van der Waals surface area contributed by atoms with Crippen molar-refractivity contribution in [1.29, 1.82) is 0 Å². The number of hydrogen-bond donors (Lipinski definition) is 3. The molecule has 3 aromatic carbocycles. The summed E-state index contributed by atoms with van der Waals surface area (Å²) >= 11 is 17.4. The lowest BCUT2D eigenvalue weighted by molar-refractivity contribution is 0.0974. The number of phenols is 1. The van der Waals surface area contributed by atoms with Gasteiger partial charge in [-0.15, -0.1) is 0 Å². The van der Waals surface area contributed by atoms with Gasteiger partial charge in [-0.05, 0) is 66.2 Å². The van der Waals surface area contributed by atoms with E-state index in [-0.39, 0.29) is 38.1 Å². The molecule has 0 aliphatic carbocycles. The first-order valence-electron chi connectivity index (χ1n) is 10.6. The van der Waals surface area contributed by atoms with Crippen molar-refractivity contribution in [2.45, 2.75) is 19.8 Å². The molecule has 1 amide bonds. The number of ether oxygens (including phenoxy) is 1. The molecule has 0 unspecified atom stereocenters. The van der Waals surface area contributed by atoms with Crippen LogP contribution in [-0.4, -0.2) is 28.2 Å². The number of aromatic hydroxyl groups is 1. The third-order valence-electron chi connectivity index (χ3n) is 5.25. The standard InChI is InChI=1S/C25H21Cl2N3O4S/c1-12(2)13-4-7-21-19(8-13)29-24(34-21)16-11-15(5-6-20(16)31)28-25(35)30-23(32)17-9-14(26)10-18(27)22(17)33-3/h4-12,31H,1-3H3,(H2,28,30,32,35). The van der Waals surface area contributed by atoms with Crippen molar-refractivity contribution in [3.05, 3.63) is 69.7 Å². The van der Waals surface area contributed by atoms with Gasteiger partial charge in [0.2, 0.25) is 5.89 Å². The third-order valence-corrected chi connectivity index (χ3v) is 5.95. The van der Waals surface area contributed by atoms with Gasteiger partial charge in [-0.1, -0.05) is 43.1 Å². The van der Waals surface area contributed by atoms with Gasteiger partial charge < -0.3 is 19.6 Å². The Balaban J connectivity index is 1.55. The van der Waals surface area contributed by atoms with Crippen molar-refractivity contribution < 1.29 is 19.1 Å². The second kappa shape index (κ2) is 10.1. The number of benzene rings is 3. The Morgan fingerprint density at radius 1 is 1.14 bits per heavy atom. The number of oxazole rings is 1. The molecule has 0 radical (unpaired) electrons. The highest BCUT2D eigenvalue weighted by Crippen LogP contribution is 2.34. The van der Waals surface area contributed by atoms with Crippen LogP contribution in [-0.2, 0) is 0 Å². The number of carbonyl (C=O) groups is 1. The van der Waals surface area contributed by atoms with E-state index in [0.29, 0.717) is 28.3 Å². The van der Waals surface area contributed by atoms with Crippen LogP contribution in [0, 0.1) is 0 Å². The molecule has 1 heterocycles. The molecule has 3 N–H and O–H groups in total. The number of amides is 1. The molecule has 4 rings (SSSR count). The Labute approximate surface area is 217 Å². The zero-order chi connectivity index (χ0) is 25.3. The van der Waals surface area contributed by atoms with Gasteiger partial charge in [-0.3, -0.25) is 10.1 Å². The summed E-state index contributed by atoms with van der Waals surface area (Å²) in [6, 6.07) is 13.4. The highest BCUT2D eigenvalue weighted by atomic mass is 35.5. The molecule has 0 fully saturated rings. The van der Waals surface area contributed by atoms with Gasteiger partial charge in [0, 0.05) is 10.7 Å². The number of thiocarbonyl (C=S) groups is 1. The largest absolute Gasteiger partial charge is 0.507 e. The number of carbonyl (C=O) groups excluding carboxylic acids is 1. The van der Waals surface area contributed by atoms with Crippen LogP contribution in [0.2, 0.25) is 10.0 Å². The second-order valence-corrected chi connectivity index (χ2v) is 9.26. The molecule has 1 aromatic heterocycles. The van der Waals surface area contributed by atoms with E-state index in [1.807, 2.05) is 18.2 Å². The Bertz CT molecular complexity index is 1450. The molecule has 0 aliphatic heterocycles. The maximum absolute atomic E-state index is 12.7. The number of hydrogen-bond acceptors (Lipinski definition) is 6. The van der Waals surface area contributed by atoms with E-state index in [0.717, 1.165) is 5.56 Å². The predicted molar refractivity (Wildman–Crippen MR) is 142 cm³/mol. The molecule has 7 nitrogen and oxygen atoms in total. The second-order valence-electron chi connectivity index (χ2n) is 8.01. The summed E-state index contributed by atoms with van der Waals surface area (Å²) in [4.78, 5) is 17.3. The SMILES string of the molecule is COc1c(Cl)cc(Cl)cc1C(=O)NC(=S)Nc1ccc(O)c(-c2nc3cc(C(C)C)ccc3o2)c1. The van der Waals surface area contributed by atoms with E-state index < -0.39 is 5.91 Å². The minimum Gasteiger partial charge on any atom is -0.507 e. The lowest BCUT2D eigenvalue weighted by Crippen LogP contribution is -2.34. The number of phenolic OH excluding ortho intramolecular Hbond substituents is 1. The Kier molecular flexibility index (Phi) is 7.16. The van der Waals surface area contributed by atoms with Gasteiger partial charge in [0.25, 0.3) is 5.91 Å². The number of methoxy groups -OCH3 is 1. The quantitative estimate of drug-likeness (QED) is 0.194.